The van der Waals surface area contributed by atoms with E-state index in [0.717, 1.165) is 57.0 Å². The SMILES string of the molecule is CCOC1CCN(CCOc2ccccc2CN)CC1. The molecule has 2 N–H and O–H groups in total. The summed E-state index contributed by atoms with van der Waals surface area (Å²) in [5, 5.41) is 0. The molecule has 0 spiro atoms. The number of hydrogen-bond donors (Lipinski definition) is 1. The van der Waals surface area contributed by atoms with E-state index in [1.54, 1.807) is 0 Å². The van der Waals surface area contributed by atoms with Gasteiger partial charge in [0.2, 0.25) is 0 Å². The van der Waals surface area contributed by atoms with Crippen LogP contribution in [0.3, 0.4) is 0 Å². The van der Waals surface area contributed by atoms with Gasteiger partial charge in [-0.25, -0.2) is 0 Å². The third-order valence-electron chi connectivity index (χ3n) is 3.79. The molecular weight excluding hydrogens is 252 g/mol. The molecule has 0 aromatic heterocycles. The van der Waals surface area contributed by atoms with E-state index >= 15 is 0 Å². The molecule has 1 aliphatic rings. The van der Waals surface area contributed by atoms with Crippen LogP contribution >= 0.6 is 0 Å². The Labute approximate surface area is 121 Å². The van der Waals surface area contributed by atoms with E-state index in [2.05, 4.69) is 11.8 Å². The molecule has 2 rings (SSSR count). The standard InChI is InChI=1S/C16H26N2O2/c1-2-19-15-7-9-18(10-8-15)11-12-20-16-6-4-3-5-14(16)13-17/h3-6,15H,2,7-13,17H2,1H3. The monoisotopic (exact) mass is 278 g/mol. The summed E-state index contributed by atoms with van der Waals surface area (Å²) in [6, 6.07) is 7.99. The average molecular weight is 278 g/mol. The second-order valence-corrected chi connectivity index (χ2v) is 5.16. The molecule has 1 aromatic carbocycles. The summed E-state index contributed by atoms with van der Waals surface area (Å²) >= 11 is 0. The molecule has 1 aromatic rings. The van der Waals surface area contributed by atoms with Gasteiger partial charge in [-0.15, -0.1) is 0 Å². The second kappa shape index (κ2) is 8.25. The van der Waals surface area contributed by atoms with E-state index < -0.39 is 0 Å². The molecular formula is C16H26N2O2. The minimum atomic E-state index is 0.454. The first-order valence-electron chi connectivity index (χ1n) is 7.58. The number of rotatable bonds is 7. The number of likely N-dealkylation sites (tertiary alicyclic amines) is 1. The molecule has 112 valence electrons. The minimum Gasteiger partial charge on any atom is -0.492 e. The Hall–Kier alpha value is -1.10. The van der Waals surface area contributed by atoms with Crippen molar-refractivity contribution in [3.8, 4) is 5.75 Å². The Morgan fingerprint density at radius 2 is 2.00 bits per heavy atom. The number of ether oxygens (including phenoxy) is 2. The van der Waals surface area contributed by atoms with Gasteiger partial charge >= 0.3 is 0 Å². The molecule has 0 radical (unpaired) electrons. The third kappa shape index (κ3) is 4.47. The average Bonchev–Trinajstić information content (AvgIpc) is 2.50. The Morgan fingerprint density at radius 1 is 1.25 bits per heavy atom. The van der Waals surface area contributed by atoms with Crippen molar-refractivity contribution in [3.63, 3.8) is 0 Å². The van der Waals surface area contributed by atoms with Crippen molar-refractivity contribution in [2.75, 3.05) is 32.8 Å². The van der Waals surface area contributed by atoms with Gasteiger partial charge in [0.25, 0.3) is 0 Å². The maximum Gasteiger partial charge on any atom is 0.123 e. The highest BCUT2D eigenvalue weighted by atomic mass is 16.5. The third-order valence-corrected chi connectivity index (χ3v) is 3.79. The summed E-state index contributed by atoms with van der Waals surface area (Å²) in [4.78, 5) is 2.45. The predicted octanol–water partition coefficient (Wildman–Crippen LogP) is 2.02. The van der Waals surface area contributed by atoms with Gasteiger partial charge in [0.05, 0.1) is 6.10 Å². The lowest BCUT2D eigenvalue weighted by Crippen LogP contribution is -2.39. The van der Waals surface area contributed by atoms with Crippen molar-refractivity contribution >= 4 is 0 Å². The molecule has 1 fully saturated rings. The number of nitrogens with two attached hydrogens (primary N) is 1. The van der Waals surface area contributed by atoms with Crippen molar-refractivity contribution in [1.29, 1.82) is 0 Å². The summed E-state index contributed by atoms with van der Waals surface area (Å²) in [5.74, 6) is 0.916. The molecule has 4 nitrogen and oxygen atoms in total. The van der Waals surface area contributed by atoms with Crippen LogP contribution in [-0.2, 0) is 11.3 Å². The first-order valence-corrected chi connectivity index (χ1v) is 7.58. The molecule has 0 amide bonds. The maximum absolute atomic E-state index is 5.85. The van der Waals surface area contributed by atoms with Crippen molar-refractivity contribution in [2.45, 2.75) is 32.4 Å². The van der Waals surface area contributed by atoms with Gasteiger partial charge in [-0.3, -0.25) is 4.90 Å². The Balaban J connectivity index is 1.69. The van der Waals surface area contributed by atoms with Crippen molar-refractivity contribution in [1.82, 2.24) is 4.90 Å². The molecule has 0 atom stereocenters. The van der Waals surface area contributed by atoms with Crippen LogP contribution in [0.25, 0.3) is 0 Å². The first kappa shape index (κ1) is 15.3. The molecule has 0 saturated carbocycles. The van der Waals surface area contributed by atoms with Gasteiger partial charge in [-0.05, 0) is 25.8 Å². The van der Waals surface area contributed by atoms with Crippen LogP contribution in [0.15, 0.2) is 24.3 Å². The summed E-state index contributed by atoms with van der Waals surface area (Å²) in [7, 11) is 0. The van der Waals surface area contributed by atoms with Gasteiger partial charge in [-0.2, -0.15) is 0 Å². The topological polar surface area (TPSA) is 47.7 Å². The summed E-state index contributed by atoms with van der Waals surface area (Å²) in [6.07, 6.45) is 2.72. The van der Waals surface area contributed by atoms with Crippen LogP contribution in [0, 0.1) is 0 Å². The summed E-state index contributed by atoms with van der Waals surface area (Å²) in [5.41, 5.74) is 6.78. The number of hydrogen-bond acceptors (Lipinski definition) is 4. The number of piperidine rings is 1. The van der Waals surface area contributed by atoms with E-state index in [-0.39, 0.29) is 0 Å². The zero-order chi connectivity index (χ0) is 14.2. The molecule has 0 bridgehead atoms. The number of para-hydroxylation sites is 1. The van der Waals surface area contributed by atoms with Crippen molar-refractivity contribution in [3.05, 3.63) is 29.8 Å². The molecule has 0 aliphatic carbocycles. The highest BCUT2D eigenvalue weighted by Crippen LogP contribution is 2.17. The molecule has 1 aliphatic heterocycles. The smallest absolute Gasteiger partial charge is 0.123 e. The van der Waals surface area contributed by atoms with Crippen LogP contribution in [0.5, 0.6) is 5.75 Å². The molecule has 0 unspecified atom stereocenters. The highest BCUT2D eigenvalue weighted by molar-refractivity contribution is 5.32. The van der Waals surface area contributed by atoms with Crippen molar-refractivity contribution in [2.24, 2.45) is 5.73 Å². The number of nitrogens with zero attached hydrogens (tertiary/aromatic N) is 1. The zero-order valence-electron chi connectivity index (χ0n) is 12.4. The van der Waals surface area contributed by atoms with E-state index in [1.807, 2.05) is 24.3 Å². The maximum atomic E-state index is 5.85. The summed E-state index contributed by atoms with van der Waals surface area (Å²) in [6.45, 7) is 7.31. The quantitative estimate of drug-likeness (QED) is 0.829. The number of benzene rings is 1. The van der Waals surface area contributed by atoms with Gasteiger partial charge in [0.15, 0.2) is 0 Å². The fourth-order valence-electron chi connectivity index (χ4n) is 2.63. The van der Waals surface area contributed by atoms with Crippen LogP contribution < -0.4 is 10.5 Å². The zero-order valence-corrected chi connectivity index (χ0v) is 12.4. The Morgan fingerprint density at radius 3 is 2.70 bits per heavy atom. The van der Waals surface area contributed by atoms with Gasteiger partial charge in [-0.1, -0.05) is 18.2 Å². The normalized spacial score (nSPS) is 17.3. The van der Waals surface area contributed by atoms with E-state index in [1.165, 1.54) is 0 Å². The largest absolute Gasteiger partial charge is 0.492 e. The van der Waals surface area contributed by atoms with Crippen LogP contribution in [0.4, 0.5) is 0 Å². The van der Waals surface area contributed by atoms with Gasteiger partial charge in [0.1, 0.15) is 12.4 Å². The fraction of sp³-hybridized carbons (Fsp3) is 0.625. The summed E-state index contributed by atoms with van der Waals surface area (Å²) < 4.78 is 11.5. The van der Waals surface area contributed by atoms with Crippen LogP contribution in [0.2, 0.25) is 0 Å². The Bertz CT molecular complexity index is 390. The molecule has 1 heterocycles. The van der Waals surface area contributed by atoms with E-state index in [4.69, 9.17) is 15.2 Å². The minimum absolute atomic E-state index is 0.454. The predicted molar refractivity (Wildman–Crippen MR) is 80.9 cm³/mol. The van der Waals surface area contributed by atoms with Crippen LogP contribution in [-0.4, -0.2) is 43.9 Å². The first-order chi connectivity index (χ1) is 9.83. The lowest BCUT2D eigenvalue weighted by Gasteiger charge is -2.31. The fourth-order valence-corrected chi connectivity index (χ4v) is 2.63. The van der Waals surface area contributed by atoms with Gasteiger partial charge < -0.3 is 15.2 Å². The van der Waals surface area contributed by atoms with Crippen LogP contribution in [0.1, 0.15) is 25.3 Å². The van der Waals surface area contributed by atoms with Gasteiger partial charge in [0, 0.05) is 38.3 Å². The molecule has 20 heavy (non-hydrogen) atoms. The Kier molecular flexibility index (Phi) is 6.30. The lowest BCUT2D eigenvalue weighted by atomic mass is 10.1. The second-order valence-electron chi connectivity index (χ2n) is 5.16. The molecule has 1 saturated heterocycles. The van der Waals surface area contributed by atoms with E-state index in [9.17, 15) is 0 Å². The van der Waals surface area contributed by atoms with E-state index in [0.29, 0.717) is 12.6 Å². The van der Waals surface area contributed by atoms with Crippen molar-refractivity contribution < 1.29 is 9.47 Å². The molecule has 4 heteroatoms. The lowest BCUT2D eigenvalue weighted by molar-refractivity contribution is 0.0119. The highest BCUT2D eigenvalue weighted by Gasteiger charge is 2.18.